The number of methoxy groups -OCH3 is 1. The lowest BCUT2D eigenvalue weighted by Gasteiger charge is -2.38. The molecule has 0 amide bonds. The van der Waals surface area contributed by atoms with E-state index in [1.165, 1.54) is 0 Å². The van der Waals surface area contributed by atoms with Gasteiger partial charge in [0.1, 0.15) is 11.5 Å². The van der Waals surface area contributed by atoms with Gasteiger partial charge in [-0.25, -0.2) is 0 Å². The Morgan fingerprint density at radius 2 is 2.14 bits per heavy atom. The monoisotopic (exact) mass is 480 g/mol. The second kappa shape index (κ2) is 12.2. The normalized spacial score (nSPS) is 19.6. The molecular weight excluding hydrogens is 444 g/mol. The van der Waals surface area contributed by atoms with Crippen LogP contribution >= 0.6 is 0 Å². The van der Waals surface area contributed by atoms with Gasteiger partial charge in [-0.05, 0) is 99.0 Å². The maximum atomic E-state index is 11.6. The number of furan rings is 1. The first-order valence-electron chi connectivity index (χ1n) is 12.6. The molecular formula is C28H36N2O5. The lowest BCUT2D eigenvalue weighted by molar-refractivity contribution is -0.139. The zero-order chi connectivity index (χ0) is 24.6. The van der Waals surface area contributed by atoms with Crippen molar-refractivity contribution in [3.05, 3.63) is 60.2 Å². The predicted octanol–water partition coefficient (Wildman–Crippen LogP) is 5.09. The molecule has 3 heterocycles. The maximum absolute atomic E-state index is 11.6. The van der Waals surface area contributed by atoms with E-state index in [-0.39, 0.29) is 12.3 Å². The second-order valence-corrected chi connectivity index (χ2v) is 9.62. The van der Waals surface area contributed by atoms with Crippen LogP contribution in [0.3, 0.4) is 0 Å². The topological polar surface area (TPSA) is 96.0 Å². The number of rotatable bonds is 12. The van der Waals surface area contributed by atoms with E-state index in [4.69, 9.17) is 9.15 Å². The number of carboxylic acid groups (broad SMARTS) is 1. The highest BCUT2D eigenvalue weighted by molar-refractivity contribution is 5.83. The molecule has 35 heavy (non-hydrogen) atoms. The Morgan fingerprint density at radius 1 is 1.26 bits per heavy atom. The molecule has 0 bridgehead atoms. The number of aliphatic hydroxyl groups is 1. The largest absolute Gasteiger partial charge is 0.497 e. The molecule has 0 unspecified atom stereocenters. The molecule has 2 N–H and O–H groups in total. The summed E-state index contributed by atoms with van der Waals surface area (Å²) in [4.78, 5) is 18.4. The molecule has 0 spiro atoms. The van der Waals surface area contributed by atoms with Gasteiger partial charge < -0.3 is 24.3 Å². The Kier molecular flexibility index (Phi) is 8.77. The average Bonchev–Trinajstić information content (AvgIpc) is 3.38. The Morgan fingerprint density at radius 3 is 2.91 bits per heavy atom. The Balaban J connectivity index is 1.32. The lowest BCUT2D eigenvalue weighted by atomic mass is 9.79. The number of pyridine rings is 1. The third-order valence-corrected chi connectivity index (χ3v) is 7.29. The number of carboxylic acids is 1. The van der Waals surface area contributed by atoms with Crippen molar-refractivity contribution in [1.29, 1.82) is 0 Å². The van der Waals surface area contributed by atoms with Crippen LogP contribution in [0.2, 0.25) is 0 Å². The minimum absolute atomic E-state index is 0.104. The van der Waals surface area contributed by atoms with E-state index < -0.39 is 12.1 Å². The summed E-state index contributed by atoms with van der Waals surface area (Å²) in [7, 11) is 1.63. The summed E-state index contributed by atoms with van der Waals surface area (Å²) in [6.07, 6.45) is 8.43. The summed E-state index contributed by atoms with van der Waals surface area (Å²) >= 11 is 0. The van der Waals surface area contributed by atoms with Gasteiger partial charge in [-0.3, -0.25) is 9.78 Å². The second-order valence-electron chi connectivity index (χ2n) is 9.62. The van der Waals surface area contributed by atoms with Crippen LogP contribution in [0.15, 0.2) is 53.3 Å². The average molecular weight is 481 g/mol. The maximum Gasteiger partial charge on any atom is 0.303 e. The van der Waals surface area contributed by atoms with Crippen LogP contribution in [0.5, 0.6) is 5.75 Å². The number of hydrogen-bond acceptors (Lipinski definition) is 6. The van der Waals surface area contributed by atoms with Gasteiger partial charge in [0.2, 0.25) is 0 Å². The van der Waals surface area contributed by atoms with Crippen molar-refractivity contribution in [2.75, 3.05) is 26.7 Å². The number of piperidine rings is 1. The summed E-state index contributed by atoms with van der Waals surface area (Å²) in [6, 6.07) is 11.5. The molecule has 3 aromatic rings. The van der Waals surface area contributed by atoms with Gasteiger partial charge >= 0.3 is 5.97 Å². The Bertz CT molecular complexity index is 1080. The minimum atomic E-state index is -0.743. The number of aliphatic carboxylic acids is 1. The van der Waals surface area contributed by atoms with Crippen molar-refractivity contribution in [3.63, 3.8) is 0 Å². The van der Waals surface area contributed by atoms with E-state index in [0.717, 1.165) is 79.7 Å². The van der Waals surface area contributed by atoms with Crippen LogP contribution in [0.25, 0.3) is 10.9 Å². The van der Waals surface area contributed by atoms with Crippen LogP contribution in [0, 0.1) is 11.8 Å². The first-order chi connectivity index (χ1) is 17.0. The van der Waals surface area contributed by atoms with Crippen molar-refractivity contribution < 1.29 is 24.2 Å². The molecule has 1 fully saturated rings. The third-order valence-electron chi connectivity index (χ3n) is 7.29. The summed E-state index contributed by atoms with van der Waals surface area (Å²) in [5, 5.41) is 21.5. The van der Waals surface area contributed by atoms with Gasteiger partial charge in [0.15, 0.2) is 0 Å². The molecule has 0 aliphatic carbocycles. The zero-order valence-corrected chi connectivity index (χ0v) is 20.4. The summed E-state index contributed by atoms with van der Waals surface area (Å²) < 4.78 is 10.8. The van der Waals surface area contributed by atoms with E-state index in [9.17, 15) is 15.0 Å². The summed E-state index contributed by atoms with van der Waals surface area (Å²) in [5.41, 5.74) is 1.67. The van der Waals surface area contributed by atoms with Crippen molar-refractivity contribution in [2.24, 2.45) is 11.8 Å². The summed E-state index contributed by atoms with van der Waals surface area (Å²) in [5.74, 6) is 1.41. The molecule has 188 valence electrons. The fraction of sp³-hybridized carbons (Fsp3) is 0.500. The van der Waals surface area contributed by atoms with Gasteiger partial charge in [-0.15, -0.1) is 0 Å². The molecule has 4 rings (SSSR count). The van der Waals surface area contributed by atoms with Gasteiger partial charge in [-0.2, -0.15) is 0 Å². The number of nitrogens with zero attached hydrogens (tertiary/aromatic N) is 2. The molecule has 3 atom stereocenters. The standard InChI is InChI=1S/C28H36N2O5/c1-34-23-8-9-26-25(18-23)24(11-13-29-26)27(31)10-7-20-12-15-30(19-21(20)17-28(32)33)14-3-2-5-22-6-4-16-35-22/h4,6,8-9,11,13,16,18,20-21,27,31H,2-3,5,7,10,12,14-15,17,19H2,1H3,(H,32,33)/t20-,21+,27-/m1/s1. The number of aryl methyl sites for hydroxylation is 1. The first kappa shape index (κ1) is 25.2. The van der Waals surface area contributed by atoms with Crippen LogP contribution in [0.4, 0.5) is 0 Å². The number of likely N-dealkylation sites (tertiary alicyclic amines) is 1. The lowest BCUT2D eigenvalue weighted by Crippen LogP contribution is -2.41. The molecule has 2 aromatic heterocycles. The number of hydrogen-bond donors (Lipinski definition) is 2. The van der Waals surface area contributed by atoms with Gasteiger partial charge in [0.25, 0.3) is 0 Å². The zero-order valence-electron chi connectivity index (χ0n) is 20.4. The highest BCUT2D eigenvalue weighted by Gasteiger charge is 2.31. The van der Waals surface area contributed by atoms with Gasteiger partial charge in [0.05, 0.1) is 25.0 Å². The molecule has 1 aliphatic rings. The van der Waals surface area contributed by atoms with Crippen molar-refractivity contribution in [3.8, 4) is 5.75 Å². The van der Waals surface area contributed by atoms with Crippen LogP contribution in [-0.2, 0) is 11.2 Å². The number of benzene rings is 1. The molecule has 0 saturated carbocycles. The SMILES string of the molecule is COc1ccc2nccc([C@H](O)CC[C@@H]3CCN(CCCCc4ccco4)C[C@@H]3CC(=O)O)c2c1. The number of aliphatic hydroxyl groups excluding tert-OH is 1. The van der Waals surface area contributed by atoms with Crippen molar-refractivity contribution >= 4 is 16.9 Å². The van der Waals surface area contributed by atoms with Gasteiger partial charge in [-0.1, -0.05) is 0 Å². The van der Waals surface area contributed by atoms with Crippen molar-refractivity contribution in [1.82, 2.24) is 9.88 Å². The smallest absolute Gasteiger partial charge is 0.303 e. The first-order valence-corrected chi connectivity index (χ1v) is 12.6. The summed E-state index contributed by atoms with van der Waals surface area (Å²) in [6.45, 7) is 2.77. The van der Waals surface area contributed by atoms with E-state index in [2.05, 4.69) is 9.88 Å². The van der Waals surface area contributed by atoms with Crippen LogP contribution < -0.4 is 4.74 Å². The molecule has 7 heteroatoms. The van der Waals surface area contributed by atoms with E-state index in [0.29, 0.717) is 12.3 Å². The quantitative estimate of drug-likeness (QED) is 0.349. The Hall–Kier alpha value is -2.90. The molecule has 7 nitrogen and oxygen atoms in total. The van der Waals surface area contributed by atoms with Crippen LogP contribution in [0.1, 0.15) is 56.0 Å². The van der Waals surface area contributed by atoms with Crippen LogP contribution in [-0.4, -0.2) is 52.8 Å². The number of fused-ring (bicyclic) bond motifs is 1. The molecule has 0 radical (unpaired) electrons. The number of unbranched alkanes of at least 4 members (excludes halogenated alkanes) is 1. The van der Waals surface area contributed by atoms with E-state index in [1.54, 1.807) is 19.6 Å². The van der Waals surface area contributed by atoms with E-state index in [1.807, 2.05) is 36.4 Å². The fourth-order valence-corrected chi connectivity index (χ4v) is 5.38. The third kappa shape index (κ3) is 6.83. The highest BCUT2D eigenvalue weighted by Crippen LogP contribution is 2.34. The molecule has 1 aromatic carbocycles. The Labute approximate surface area is 206 Å². The van der Waals surface area contributed by atoms with Gasteiger partial charge in [0, 0.05) is 31.0 Å². The molecule has 1 saturated heterocycles. The predicted molar refractivity (Wildman–Crippen MR) is 134 cm³/mol. The molecule has 1 aliphatic heterocycles. The highest BCUT2D eigenvalue weighted by atomic mass is 16.5. The van der Waals surface area contributed by atoms with Crippen molar-refractivity contribution in [2.45, 2.75) is 51.0 Å². The number of aromatic nitrogens is 1. The minimum Gasteiger partial charge on any atom is -0.497 e. The number of ether oxygens (including phenoxy) is 1. The van der Waals surface area contributed by atoms with E-state index >= 15 is 0 Å². The number of carbonyl (C=O) groups is 1. The fourth-order valence-electron chi connectivity index (χ4n) is 5.38.